The summed E-state index contributed by atoms with van der Waals surface area (Å²) in [6.45, 7) is -0.325. The van der Waals surface area contributed by atoms with Gasteiger partial charge in [0.15, 0.2) is 5.13 Å². The zero-order chi connectivity index (χ0) is 29.9. The van der Waals surface area contributed by atoms with Gasteiger partial charge in [-0.05, 0) is 67.5 Å². The Labute approximate surface area is 253 Å². The molecule has 11 heteroatoms. The third-order valence-corrected chi connectivity index (χ3v) is 9.45. The van der Waals surface area contributed by atoms with E-state index >= 15 is 0 Å². The van der Waals surface area contributed by atoms with Crippen LogP contribution in [0.1, 0.15) is 64.2 Å². The number of rotatable bonds is 12. The molecule has 3 aromatic rings. The molecular formula is C32H35FN4O5S. The first-order chi connectivity index (χ1) is 20.9. The third kappa shape index (κ3) is 6.56. The van der Waals surface area contributed by atoms with Crippen molar-refractivity contribution in [2.45, 2.75) is 70.3 Å². The molecule has 1 aliphatic heterocycles. The van der Waals surface area contributed by atoms with Gasteiger partial charge in [0, 0.05) is 47.6 Å². The van der Waals surface area contributed by atoms with E-state index in [0.717, 1.165) is 56.1 Å². The van der Waals surface area contributed by atoms with Crippen molar-refractivity contribution in [1.82, 2.24) is 9.97 Å². The molecule has 9 nitrogen and oxygen atoms in total. The number of pyridine rings is 1. The molecule has 1 saturated heterocycles. The Bertz CT molecular complexity index is 1490. The van der Waals surface area contributed by atoms with E-state index in [4.69, 9.17) is 9.72 Å². The Morgan fingerprint density at radius 3 is 2.58 bits per heavy atom. The summed E-state index contributed by atoms with van der Waals surface area (Å²) in [6.07, 6.45) is 9.49. The van der Waals surface area contributed by atoms with Crippen LogP contribution in [0.5, 0.6) is 5.75 Å². The summed E-state index contributed by atoms with van der Waals surface area (Å²) in [6, 6.07) is 8.96. The Kier molecular flexibility index (Phi) is 8.69. The van der Waals surface area contributed by atoms with Gasteiger partial charge in [0.1, 0.15) is 11.6 Å². The monoisotopic (exact) mass is 606 g/mol. The average molecular weight is 607 g/mol. The average Bonchev–Trinajstić information content (AvgIpc) is 3.34. The molecule has 2 aliphatic carbocycles. The Morgan fingerprint density at radius 2 is 1.93 bits per heavy atom. The highest BCUT2D eigenvalue weighted by molar-refractivity contribution is 7.14. The van der Waals surface area contributed by atoms with E-state index in [9.17, 15) is 23.9 Å². The van der Waals surface area contributed by atoms with Gasteiger partial charge in [-0.1, -0.05) is 25.7 Å². The number of aliphatic carboxylic acids is 1. The van der Waals surface area contributed by atoms with Crippen molar-refractivity contribution < 1.29 is 28.6 Å². The van der Waals surface area contributed by atoms with Crippen LogP contribution in [0, 0.1) is 11.8 Å². The van der Waals surface area contributed by atoms with Gasteiger partial charge in [-0.3, -0.25) is 24.2 Å². The first kappa shape index (κ1) is 29.2. The lowest BCUT2D eigenvalue weighted by Gasteiger charge is -2.26. The number of carboxylic acids is 1. The highest BCUT2D eigenvalue weighted by atomic mass is 32.1. The molecule has 43 heavy (non-hydrogen) atoms. The van der Waals surface area contributed by atoms with Crippen molar-refractivity contribution >= 4 is 40.1 Å². The highest BCUT2D eigenvalue weighted by Crippen LogP contribution is 2.41. The highest BCUT2D eigenvalue weighted by Gasteiger charge is 2.40. The molecule has 0 spiro atoms. The van der Waals surface area contributed by atoms with Crippen LogP contribution in [-0.4, -0.2) is 52.3 Å². The Morgan fingerprint density at radius 1 is 1.12 bits per heavy atom. The largest absolute Gasteiger partial charge is 0.481 e. The van der Waals surface area contributed by atoms with E-state index in [1.807, 2.05) is 23.6 Å². The number of thiazole rings is 1. The molecule has 1 N–H and O–H groups in total. The van der Waals surface area contributed by atoms with Crippen molar-refractivity contribution in [3.63, 3.8) is 0 Å². The number of ether oxygens (including phenoxy) is 1. The zero-order valence-corrected chi connectivity index (χ0v) is 24.7. The second kappa shape index (κ2) is 12.8. The number of hydrogen-bond donors (Lipinski definition) is 1. The molecule has 3 fully saturated rings. The van der Waals surface area contributed by atoms with Gasteiger partial charge in [0.05, 0.1) is 12.1 Å². The summed E-state index contributed by atoms with van der Waals surface area (Å²) < 4.78 is 18.3. The summed E-state index contributed by atoms with van der Waals surface area (Å²) in [5.41, 5.74) is 2.88. The van der Waals surface area contributed by atoms with E-state index in [-0.39, 0.29) is 24.3 Å². The van der Waals surface area contributed by atoms with Crippen molar-refractivity contribution in [3.05, 3.63) is 41.9 Å². The molecule has 1 unspecified atom stereocenters. The minimum atomic E-state index is -0.975. The van der Waals surface area contributed by atoms with Crippen LogP contribution in [0.4, 0.5) is 15.3 Å². The summed E-state index contributed by atoms with van der Waals surface area (Å²) >= 11 is 1.34. The predicted molar refractivity (Wildman–Crippen MR) is 162 cm³/mol. The predicted octanol–water partition coefficient (Wildman–Crippen LogP) is 6.47. The maximum Gasteiger partial charge on any atom is 0.304 e. The van der Waals surface area contributed by atoms with E-state index in [0.29, 0.717) is 53.3 Å². The summed E-state index contributed by atoms with van der Waals surface area (Å²) in [4.78, 5) is 50.7. The third-order valence-electron chi connectivity index (χ3n) is 8.61. The maximum absolute atomic E-state index is 13.9. The quantitative estimate of drug-likeness (QED) is 0.251. The number of benzene rings is 1. The van der Waals surface area contributed by atoms with Crippen molar-refractivity contribution in [1.29, 1.82) is 0 Å². The lowest BCUT2D eigenvalue weighted by molar-refractivity contribution is -0.141. The first-order valence-electron chi connectivity index (χ1n) is 15.0. The fraction of sp³-hybridized carbons (Fsp3) is 0.469. The number of carbonyl (C=O) groups excluding carboxylic acids is 2. The van der Waals surface area contributed by atoms with Crippen LogP contribution in [0.3, 0.4) is 0 Å². The second-order valence-electron chi connectivity index (χ2n) is 11.7. The number of carbonyl (C=O) groups is 3. The van der Waals surface area contributed by atoms with Crippen molar-refractivity contribution in [2.75, 3.05) is 23.2 Å². The van der Waals surface area contributed by atoms with Crippen molar-refractivity contribution in [2.24, 2.45) is 11.8 Å². The van der Waals surface area contributed by atoms with E-state index in [1.165, 1.54) is 11.3 Å². The topological polar surface area (TPSA) is 113 Å². The number of carboxylic acid groups (broad SMARTS) is 1. The number of aromatic nitrogens is 2. The molecular weight excluding hydrogens is 571 g/mol. The van der Waals surface area contributed by atoms with Crippen LogP contribution < -0.4 is 14.5 Å². The molecule has 0 bridgehead atoms. The SMILES string of the molecule is O=C(O)CC(CC1CCCC1)C(=O)N(c1nc(-c2cc(OCF)ccc2-c2ccc(N3CCCC3=O)nc2)cs1)C1CC1. The number of anilines is 2. The lowest BCUT2D eigenvalue weighted by atomic mass is 9.90. The smallest absolute Gasteiger partial charge is 0.304 e. The molecule has 226 valence electrons. The van der Waals surface area contributed by atoms with Gasteiger partial charge in [-0.25, -0.2) is 14.4 Å². The summed E-state index contributed by atoms with van der Waals surface area (Å²) in [5.74, 6) is -0.321. The van der Waals surface area contributed by atoms with Gasteiger partial charge >= 0.3 is 5.97 Å². The number of nitrogens with zero attached hydrogens (tertiary/aromatic N) is 4. The Hall–Kier alpha value is -3.86. The van der Waals surface area contributed by atoms with E-state index in [2.05, 4.69) is 4.98 Å². The molecule has 2 amide bonds. The van der Waals surface area contributed by atoms with Gasteiger partial charge < -0.3 is 9.84 Å². The van der Waals surface area contributed by atoms with Gasteiger partial charge in [0.25, 0.3) is 0 Å². The number of halogens is 1. The molecule has 2 saturated carbocycles. The summed E-state index contributed by atoms with van der Waals surface area (Å²) in [5, 5.41) is 12.0. The maximum atomic E-state index is 13.9. The van der Waals surface area contributed by atoms with Crippen LogP contribution in [-0.2, 0) is 14.4 Å². The van der Waals surface area contributed by atoms with Gasteiger partial charge in [-0.15, -0.1) is 11.3 Å². The standard InChI is InChI=1S/C32H35FN4O5S/c33-19-42-24-10-11-25(21-7-12-28(34-17-21)36-13-3-6-29(36)38)26(16-24)27-18-43-32(35-27)37(23-8-9-23)31(41)22(15-30(39)40)14-20-4-1-2-5-20/h7,10-12,16-18,20,22-23H,1-6,8-9,13-15,19H2,(H,39,40). The minimum absolute atomic E-state index is 0.0112. The van der Waals surface area contributed by atoms with Crippen LogP contribution in [0.25, 0.3) is 22.4 Å². The normalized spacial score (nSPS) is 17.8. The minimum Gasteiger partial charge on any atom is -0.481 e. The molecule has 3 heterocycles. The number of amides is 2. The molecule has 0 radical (unpaired) electrons. The van der Waals surface area contributed by atoms with Crippen LogP contribution in [0.15, 0.2) is 41.9 Å². The van der Waals surface area contributed by atoms with Crippen molar-refractivity contribution in [3.8, 4) is 28.1 Å². The molecule has 2 aromatic heterocycles. The second-order valence-corrected chi connectivity index (χ2v) is 12.5. The molecule has 1 aromatic carbocycles. The number of hydrogen-bond acceptors (Lipinski definition) is 7. The van der Waals surface area contributed by atoms with Crippen LogP contribution >= 0.6 is 11.3 Å². The van der Waals surface area contributed by atoms with Crippen LogP contribution in [0.2, 0.25) is 0 Å². The van der Waals surface area contributed by atoms with Gasteiger partial charge in [-0.2, -0.15) is 0 Å². The fourth-order valence-corrected chi connectivity index (χ4v) is 7.22. The number of alkyl halides is 1. The Balaban J connectivity index is 1.31. The molecule has 1 atom stereocenters. The summed E-state index contributed by atoms with van der Waals surface area (Å²) in [7, 11) is 0. The fourth-order valence-electron chi connectivity index (χ4n) is 6.32. The first-order valence-corrected chi connectivity index (χ1v) is 15.9. The molecule has 6 rings (SSSR count). The molecule has 3 aliphatic rings. The van der Waals surface area contributed by atoms with E-state index in [1.54, 1.807) is 28.1 Å². The lowest BCUT2D eigenvalue weighted by Crippen LogP contribution is -2.39. The zero-order valence-electron chi connectivity index (χ0n) is 23.9. The van der Waals surface area contributed by atoms with Gasteiger partial charge in [0.2, 0.25) is 18.7 Å². The van der Waals surface area contributed by atoms with E-state index < -0.39 is 18.7 Å².